The van der Waals surface area contributed by atoms with E-state index in [4.69, 9.17) is 14.6 Å². The zero-order valence-corrected chi connectivity index (χ0v) is 15.1. The molecule has 4 aliphatic rings. The molecule has 5 rings (SSSR count). The van der Waals surface area contributed by atoms with E-state index in [0.717, 1.165) is 24.8 Å². The van der Waals surface area contributed by atoms with E-state index in [-0.39, 0.29) is 6.61 Å². The summed E-state index contributed by atoms with van der Waals surface area (Å²) < 4.78 is 11.0. The number of fused-ring (bicyclic) bond motifs is 2. The van der Waals surface area contributed by atoms with E-state index >= 15 is 0 Å². The van der Waals surface area contributed by atoms with Gasteiger partial charge in [-0.1, -0.05) is 12.1 Å². The van der Waals surface area contributed by atoms with Gasteiger partial charge in [-0.15, -0.1) is 0 Å². The summed E-state index contributed by atoms with van der Waals surface area (Å²) in [5.74, 6) is 2.32. The average Bonchev–Trinajstić information content (AvgIpc) is 3.08. The maximum Gasteiger partial charge on any atom is 0.119 e. The van der Waals surface area contributed by atoms with E-state index < -0.39 is 0 Å². The highest BCUT2D eigenvalue weighted by Crippen LogP contribution is 2.46. The number of rotatable bonds is 7. The number of piperidine rings is 3. The first-order valence-corrected chi connectivity index (χ1v) is 9.62. The molecule has 0 unspecified atom stereocenters. The number of ether oxygens (including phenoxy) is 2. The Bertz CT molecular complexity index is 574. The summed E-state index contributed by atoms with van der Waals surface area (Å²) in [5, 5.41) is 8.91. The van der Waals surface area contributed by atoms with Crippen molar-refractivity contribution >= 4 is 0 Å². The molecule has 25 heavy (non-hydrogen) atoms. The molecule has 4 heterocycles. The van der Waals surface area contributed by atoms with Gasteiger partial charge in [-0.2, -0.15) is 0 Å². The second-order valence-electron chi connectivity index (χ2n) is 7.57. The van der Waals surface area contributed by atoms with Crippen molar-refractivity contribution in [3.63, 3.8) is 0 Å². The quantitative estimate of drug-likeness (QED) is 0.759. The highest BCUT2D eigenvalue weighted by atomic mass is 16.5. The van der Waals surface area contributed by atoms with Crippen LogP contribution in [0.4, 0.5) is 0 Å². The van der Waals surface area contributed by atoms with Crippen LogP contribution in [0.2, 0.25) is 0 Å². The lowest BCUT2D eigenvalue weighted by molar-refractivity contribution is -0.0153. The molecule has 1 N–H and O–H groups in total. The Morgan fingerprint density at radius 3 is 2.76 bits per heavy atom. The summed E-state index contributed by atoms with van der Waals surface area (Å²) >= 11 is 0. The summed E-state index contributed by atoms with van der Waals surface area (Å²) in [5.41, 5.74) is 1.40. The van der Waals surface area contributed by atoms with Crippen LogP contribution in [-0.2, 0) is 4.74 Å². The molecule has 0 radical (unpaired) electrons. The molecule has 4 saturated heterocycles. The number of hydrogen-bond donors (Lipinski definition) is 1. The summed E-state index contributed by atoms with van der Waals surface area (Å²) in [7, 11) is 1.74. The van der Waals surface area contributed by atoms with Crippen molar-refractivity contribution in [3.8, 4) is 5.75 Å². The van der Waals surface area contributed by atoms with Crippen molar-refractivity contribution < 1.29 is 14.6 Å². The zero-order chi connectivity index (χ0) is 17.2. The number of methoxy groups -OCH3 is 1. The van der Waals surface area contributed by atoms with Gasteiger partial charge in [-0.05, 0) is 49.5 Å². The van der Waals surface area contributed by atoms with E-state index in [9.17, 15) is 0 Å². The molecule has 2 bridgehead atoms. The number of benzene rings is 1. The lowest BCUT2D eigenvalue weighted by Crippen LogP contribution is -2.60. The van der Waals surface area contributed by atoms with Crippen LogP contribution in [0, 0.1) is 5.92 Å². The Morgan fingerprint density at radius 1 is 1.16 bits per heavy atom. The SMILES string of the molecule is COc1cccc([C@@H]2CN(CCOCCO)[C@@H]3C4CCN(CC4)[C@@H]32)c1. The van der Waals surface area contributed by atoms with Crippen LogP contribution in [0.15, 0.2) is 24.3 Å². The lowest BCUT2D eigenvalue weighted by Gasteiger charge is -2.51. The molecular weight excluding hydrogens is 316 g/mol. The van der Waals surface area contributed by atoms with Crippen LogP contribution in [-0.4, -0.2) is 80.1 Å². The summed E-state index contributed by atoms with van der Waals surface area (Å²) in [6.45, 7) is 5.82. The largest absolute Gasteiger partial charge is 0.497 e. The van der Waals surface area contributed by atoms with E-state index in [1.807, 2.05) is 6.07 Å². The number of hydrogen-bond acceptors (Lipinski definition) is 5. The van der Waals surface area contributed by atoms with Crippen LogP contribution in [0.3, 0.4) is 0 Å². The van der Waals surface area contributed by atoms with Crippen LogP contribution in [0.1, 0.15) is 24.3 Å². The van der Waals surface area contributed by atoms with Gasteiger partial charge in [0.25, 0.3) is 0 Å². The highest BCUT2D eigenvalue weighted by Gasteiger charge is 2.52. The van der Waals surface area contributed by atoms with E-state index in [2.05, 4.69) is 28.0 Å². The third kappa shape index (κ3) is 3.31. The first-order valence-electron chi connectivity index (χ1n) is 9.62. The molecule has 0 saturated carbocycles. The third-order valence-electron chi connectivity index (χ3n) is 6.37. The van der Waals surface area contributed by atoms with Crippen molar-refractivity contribution in [2.75, 3.05) is 53.1 Å². The molecule has 0 aromatic heterocycles. The molecule has 1 aromatic rings. The Hall–Kier alpha value is -1.14. The third-order valence-corrected chi connectivity index (χ3v) is 6.37. The molecule has 0 amide bonds. The van der Waals surface area contributed by atoms with Crippen LogP contribution in [0.25, 0.3) is 0 Å². The number of aliphatic hydroxyl groups excluding tert-OH is 1. The van der Waals surface area contributed by atoms with Gasteiger partial charge in [0.2, 0.25) is 0 Å². The normalized spacial score (nSPS) is 34.2. The predicted octanol–water partition coefficient (Wildman–Crippen LogP) is 1.57. The molecule has 5 heteroatoms. The van der Waals surface area contributed by atoms with Crippen LogP contribution < -0.4 is 4.74 Å². The predicted molar refractivity (Wildman–Crippen MR) is 97.1 cm³/mol. The van der Waals surface area contributed by atoms with Crippen molar-refractivity contribution in [2.45, 2.75) is 30.8 Å². The Labute approximate surface area is 150 Å². The Morgan fingerprint density at radius 2 is 2.00 bits per heavy atom. The molecule has 4 aliphatic heterocycles. The highest BCUT2D eigenvalue weighted by molar-refractivity contribution is 5.34. The first-order chi connectivity index (χ1) is 12.3. The fraction of sp³-hybridized carbons (Fsp3) is 0.700. The molecular formula is C20H30N2O3. The summed E-state index contributed by atoms with van der Waals surface area (Å²) in [6.07, 6.45) is 2.67. The monoisotopic (exact) mass is 346 g/mol. The van der Waals surface area contributed by atoms with E-state index in [1.165, 1.54) is 31.5 Å². The second kappa shape index (κ2) is 7.62. The molecule has 5 nitrogen and oxygen atoms in total. The van der Waals surface area contributed by atoms with Crippen LogP contribution in [0.5, 0.6) is 5.75 Å². The minimum atomic E-state index is 0.106. The molecule has 0 aliphatic carbocycles. The number of nitrogens with zero attached hydrogens (tertiary/aromatic N) is 2. The topological polar surface area (TPSA) is 45.2 Å². The van der Waals surface area contributed by atoms with Gasteiger partial charge in [-0.3, -0.25) is 9.80 Å². The summed E-state index contributed by atoms with van der Waals surface area (Å²) in [4.78, 5) is 5.38. The van der Waals surface area contributed by atoms with Gasteiger partial charge in [0.15, 0.2) is 0 Å². The Balaban J connectivity index is 1.55. The van der Waals surface area contributed by atoms with Crippen molar-refractivity contribution in [1.29, 1.82) is 0 Å². The van der Waals surface area contributed by atoms with Gasteiger partial charge in [-0.25, -0.2) is 0 Å². The fourth-order valence-corrected chi connectivity index (χ4v) is 5.31. The van der Waals surface area contributed by atoms with Crippen LogP contribution >= 0.6 is 0 Å². The fourth-order valence-electron chi connectivity index (χ4n) is 5.31. The molecule has 3 atom stereocenters. The van der Waals surface area contributed by atoms with Gasteiger partial charge in [0.1, 0.15) is 5.75 Å². The van der Waals surface area contributed by atoms with Crippen molar-refractivity contribution in [3.05, 3.63) is 29.8 Å². The lowest BCUT2D eigenvalue weighted by atomic mass is 9.75. The van der Waals surface area contributed by atoms with Gasteiger partial charge >= 0.3 is 0 Å². The summed E-state index contributed by atoms with van der Waals surface area (Å²) in [6, 6.07) is 9.90. The van der Waals surface area contributed by atoms with Crippen molar-refractivity contribution in [1.82, 2.24) is 9.80 Å². The maximum atomic E-state index is 8.91. The van der Waals surface area contributed by atoms with E-state index in [0.29, 0.717) is 31.2 Å². The minimum absolute atomic E-state index is 0.106. The van der Waals surface area contributed by atoms with E-state index in [1.54, 1.807) is 7.11 Å². The Kier molecular flexibility index (Phi) is 5.27. The van der Waals surface area contributed by atoms with Gasteiger partial charge in [0.05, 0.1) is 26.9 Å². The number of likely N-dealkylation sites (tertiary alicyclic amines) is 1. The second-order valence-corrected chi connectivity index (χ2v) is 7.57. The molecule has 1 aromatic carbocycles. The molecule has 0 spiro atoms. The van der Waals surface area contributed by atoms with Crippen molar-refractivity contribution in [2.24, 2.45) is 5.92 Å². The smallest absolute Gasteiger partial charge is 0.119 e. The molecule has 138 valence electrons. The van der Waals surface area contributed by atoms with Gasteiger partial charge in [0, 0.05) is 31.1 Å². The van der Waals surface area contributed by atoms with Gasteiger partial charge < -0.3 is 14.6 Å². The first kappa shape index (κ1) is 17.3. The molecule has 4 fully saturated rings. The zero-order valence-electron chi connectivity index (χ0n) is 15.1. The standard InChI is InChI=1S/C20H30N2O3/c1-24-17-4-2-3-16(13-17)18-14-22(9-11-25-12-10-23)19-15-5-7-21(8-6-15)20(18)19/h2-4,13,15,18-20,23H,5-12,14H2,1H3/t18-,19+,20+/m0/s1. The average molecular weight is 346 g/mol. The minimum Gasteiger partial charge on any atom is -0.497 e. The maximum absolute atomic E-state index is 8.91. The number of aliphatic hydroxyl groups is 1.